The van der Waals surface area contributed by atoms with Gasteiger partial charge in [0.05, 0.1) is 12.1 Å². The zero-order chi connectivity index (χ0) is 19.4. The van der Waals surface area contributed by atoms with E-state index in [9.17, 15) is 9.18 Å². The molecule has 0 amide bonds. The molecule has 27 heavy (non-hydrogen) atoms. The van der Waals surface area contributed by atoms with Crippen molar-refractivity contribution in [3.63, 3.8) is 0 Å². The highest BCUT2D eigenvalue weighted by molar-refractivity contribution is 5.82. The summed E-state index contributed by atoms with van der Waals surface area (Å²) in [7, 11) is 1.67. The van der Waals surface area contributed by atoms with Crippen LogP contribution in [-0.4, -0.2) is 30.1 Å². The Morgan fingerprint density at radius 2 is 1.81 bits per heavy atom. The van der Waals surface area contributed by atoms with E-state index in [-0.39, 0.29) is 11.2 Å². The van der Waals surface area contributed by atoms with E-state index in [2.05, 4.69) is 9.88 Å². The second kappa shape index (κ2) is 8.46. The van der Waals surface area contributed by atoms with E-state index in [4.69, 9.17) is 4.74 Å². The third-order valence-electron chi connectivity index (χ3n) is 4.65. The molecule has 0 aliphatic rings. The van der Waals surface area contributed by atoms with E-state index in [0.29, 0.717) is 26.2 Å². The van der Waals surface area contributed by atoms with Crippen molar-refractivity contribution in [3.05, 3.63) is 80.9 Å². The maximum absolute atomic E-state index is 13.2. The minimum Gasteiger partial charge on any atom is -0.383 e. The van der Waals surface area contributed by atoms with Crippen LogP contribution in [0.1, 0.15) is 22.4 Å². The van der Waals surface area contributed by atoms with Gasteiger partial charge in [-0.05, 0) is 48.7 Å². The Bertz CT molecular complexity index is 980. The molecular weight excluding hydrogens is 343 g/mol. The molecule has 0 radical (unpaired) electrons. The number of nitrogens with zero attached hydrogens (tertiary/aromatic N) is 1. The quantitative estimate of drug-likeness (QED) is 0.687. The van der Waals surface area contributed by atoms with Crippen LogP contribution < -0.4 is 5.43 Å². The number of pyridine rings is 1. The van der Waals surface area contributed by atoms with Crippen LogP contribution in [0.15, 0.2) is 47.3 Å². The molecular formula is C22H25FN2O2. The summed E-state index contributed by atoms with van der Waals surface area (Å²) < 4.78 is 18.4. The maximum Gasteiger partial charge on any atom is 0.189 e. The molecule has 142 valence electrons. The first kappa shape index (κ1) is 19.3. The number of hydrogen-bond acceptors (Lipinski definition) is 3. The fraction of sp³-hybridized carbons (Fsp3) is 0.318. The van der Waals surface area contributed by atoms with Crippen molar-refractivity contribution in [1.29, 1.82) is 0 Å². The standard InChI is InChI=1S/C22H25FN2O2/c1-15-10-16(2)22-20(11-15)24-19(12-21(22)26)14-25(8-9-27-3)13-17-4-6-18(23)7-5-17/h4-7,10-12H,8-9,13-14H2,1-3H3,(H,24,26). The van der Waals surface area contributed by atoms with Crippen molar-refractivity contribution in [2.24, 2.45) is 0 Å². The molecule has 0 saturated carbocycles. The first-order valence-corrected chi connectivity index (χ1v) is 9.05. The van der Waals surface area contributed by atoms with Crippen LogP contribution in [0.25, 0.3) is 10.9 Å². The number of ether oxygens (including phenoxy) is 1. The lowest BCUT2D eigenvalue weighted by molar-refractivity contribution is 0.139. The third kappa shape index (κ3) is 4.81. The number of nitrogens with one attached hydrogen (secondary N) is 1. The highest BCUT2D eigenvalue weighted by Crippen LogP contribution is 2.17. The number of aromatic amines is 1. The van der Waals surface area contributed by atoms with Gasteiger partial charge in [-0.1, -0.05) is 18.2 Å². The molecule has 1 aromatic heterocycles. The highest BCUT2D eigenvalue weighted by Gasteiger charge is 2.11. The van der Waals surface area contributed by atoms with Crippen LogP contribution in [0.3, 0.4) is 0 Å². The maximum atomic E-state index is 13.2. The molecule has 0 aliphatic heterocycles. The number of aromatic nitrogens is 1. The molecule has 0 fully saturated rings. The monoisotopic (exact) mass is 368 g/mol. The first-order chi connectivity index (χ1) is 13.0. The summed E-state index contributed by atoms with van der Waals surface area (Å²) in [4.78, 5) is 18.2. The number of rotatable bonds is 7. The SMILES string of the molecule is COCCN(Cc1ccc(F)cc1)Cc1cc(=O)c2c(C)cc(C)cc2[nH]1. The van der Waals surface area contributed by atoms with Gasteiger partial charge in [-0.15, -0.1) is 0 Å². The van der Waals surface area contributed by atoms with Gasteiger partial charge >= 0.3 is 0 Å². The number of benzene rings is 2. The second-order valence-electron chi connectivity index (χ2n) is 6.99. The minimum atomic E-state index is -0.244. The molecule has 0 spiro atoms. The van der Waals surface area contributed by atoms with Crippen LogP contribution >= 0.6 is 0 Å². The largest absolute Gasteiger partial charge is 0.383 e. The molecule has 0 saturated heterocycles. The summed E-state index contributed by atoms with van der Waals surface area (Å²) in [6.45, 7) is 6.51. The Balaban J connectivity index is 1.88. The van der Waals surface area contributed by atoms with Crippen LogP contribution in [0.5, 0.6) is 0 Å². The number of halogens is 1. The summed E-state index contributed by atoms with van der Waals surface area (Å²) >= 11 is 0. The molecule has 2 aromatic carbocycles. The molecule has 0 atom stereocenters. The third-order valence-corrected chi connectivity index (χ3v) is 4.65. The molecule has 1 heterocycles. The summed E-state index contributed by atoms with van der Waals surface area (Å²) in [6.07, 6.45) is 0. The molecule has 3 aromatic rings. The predicted octanol–water partition coefficient (Wildman–Crippen LogP) is 3.93. The number of aryl methyl sites for hydroxylation is 2. The van der Waals surface area contributed by atoms with E-state index < -0.39 is 0 Å². The highest BCUT2D eigenvalue weighted by atomic mass is 19.1. The average Bonchev–Trinajstić information content (AvgIpc) is 2.60. The molecule has 4 nitrogen and oxygen atoms in total. The lowest BCUT2D eigenvalue weighted by Crippen LogP contribution is -2.27. The molecule has 0 bridgehead atoms. The Morgan fingerprint density at radius 1 is 1.07 bits per heavy atom. The molecule has 5 heteroatoms. The summed E-state index contributed by atoms with van der Waals surface area (Å²) in [6, 6.07) is 12.2. The van der Waals surface area contributed by atoms with Crippen molar-refractivity contribution in [2.45, 2.75) is 26.9 Å². The van der Waals surface area contributed by atoms with Crippen molar-refractivity contribution in [2.75, 3.05) is 20.3 Å². The van der Waals surface area contributed by atoms with Gasteiger partial charge in [-0.3, -0.25) is 9.69 Å². The minimum absolute atomic E-state index is 0.0322. The fourth-order valence-electron chi connectivity index (χ4n) is 3.44. The van der Waals surface area contributed by atoms with E-state index in [1.807, 2.05) is 26.0 Å². The molecule has 0 aliphatic carbocycles. The van der Waals surface area contributed by atoms with Crippen molar-refractivity contribution in [1.82, 2.24) is 9.88 Å². The Morgan fingerprint density at radius 3 is 2.52 bits per heavy atom. The Labute approximate surface area is 158 Å². The van der Waals surface area contributed by atoms with Crippen LogP contribution in [-0.2, 0) is 17.8 Å². The summed E-state index contributed by atoms with van der Waals surface area (Å²) in [5.74, 6) is -0.244. The lowest BCUT2D eigenvalue weighted by atomic mass is 10.1. The van der Waals surface area contributed by atoms with Gasteiger partial charge in [0.25, 0.3) is 0 Å². The molecule has 1 N–H and O–H groups in total. The van der Waals surface area contributed by atoms with Crippen molar-refractivity contribution in [3.8, 4) is 0 Å². The molecule has 0 unspecified atom stereocenters. The van der Waals surface area contributed by atoms with Gasteiger partial charge in [-0.2, -0.15) is 0 Å². The first-order valence-electron chi connectivity index (χ1n) is 9.05. The number of fused-ring (bicyclic) bond motifs is 1. The van der Waals surface area contributed by atoms with Crippen LogP contribution in [0.4, 0.5) is 4.39 Å². The van der Waals surface area contributed by atoms with Gasteiger partial charge in [0.2, 0.25) is 0 Å². The Kier molecular flexibility index (Phi) is 6.04. The Hall–Kier alpha value is -2.50. The predicted molar refractivity (Wildman–Crippen MR) is 106 cm³/mol. The summed E-state index contributed by atoms with van der Waals surface area (Å²) in [5.41, 5.74) is 4.88. The van der Waals surface area contributed by atoms with Crippen LogP contribution in [0, 0.1) is 19.7 Å². The van der Waals surface area contributed by atoms with Gasteiger partial charge in [0, 0.05) is 43.9 Å². The summed E-state index contributed by atoms with van der Waals surface area (Å²) in [5, 5.41) is 0.742. The topological polar surface area (TPSA) is 45.3 Å². The average molecular weight is 368 g/mol. The fourth-order valence-corrected chi connectivity index (χ4v) is 3.44. The van der Waals surface area contributed by atoms with Gasteiger partial charge < -0.3 is 9.72 Å². The van der Waals surface area contributed by atoms with Gasteiger partial charge in [-0.25, -0.2) is 4.39 Å². The van der Waals surface area contributed by atoms with Crippen LogP contribution in [0.2, 0.25) is 0 Å². The van der Waals surface area contributed by atoms with Crippen molar-refractivity contribution >= 4 is 10.9 Å². The van der Waals surface area contributed by atoms with Gasteiger partial charge in [0.1, 0.15) is 5.82 Å². The van der Waals surface area contributed by atoms with E-state index >= 15 is 0 Å². The number of hydrogen-bond donors (Lipinski definition) is 1. The van der Waals surface area contributed by atoms with E-state index in [1.54, 1.807) is 25.3 Å². The zero-order valence-electron chi connectivity index (χ0n) is 16.0. The lowest BCUT2D eigenvalue weighted by Gasteiger charge is -2.22. The van der Waals surface area contributed by atoms with E-state index in [1.165, 1.54) is 12.1 Å². The normalized spacial score (nSPS) is 11.4. The van der Waals surface area contributed by atoms with Gasteiger partial charge in [0.15, 0.2) is 5.43 Å². The van der Waals surface area contributed by atoms with Crippen molar-refractivity contribution < 1.29 is 9.13 Å². The zero-order valence-corrected chi connectivity index (χ0v) is 16.0. The van der Waals surface area contributed by atoms with E-state index in [0.717, 1.165) is 33.3 Å². The smallest absolute Gasteiger partial charge is 0.189 e. The number of H-pyrrole nitrogens is 1. The number of methoxy groups -OCH3 is 1. The second-order valence-corrected chi connectivity index (χ2v) is 6.99. The molecule has 3 rings (SSSR count).